The average Bonchev–Trinajstić information content (AvgIpc) is 2.40. The van der Waals surface area contributed by atoms with Crippen LogP contribution in [0.2, 0.25) is 10.0 Å². The summed E-state index contributed by atoms with van der Waals surface area (Å²) >= 11 is 11.7. The van der Waals surface area contributed by atoms with Crippen LogP contribution in [0.1, 0.15) is 23.7 Å². The molecule has 0 radical (unpaired) electrons. The van der Waals surface area contributed by atoms with Crippen molar-refractivity contribution < 1.29 is 22.7 Å². The van der Waals surface area contributed by atoms with Crippen LogP contribution >= 0.6 is 33.9 Å². The van der Waals surface area contributed by atoms with E-state index < -0.39 is 15.0 Å². The minimum Gasteiger partial charge on any atom is -0.460 e. The topological polar surface area (TPSA) is 69.7 Å². The summed E-state index contributed by atoms with van der Waals surface area (Å²) in [5, 5.41) is -0.201. The maximum absolute atomic E-state index is 11.9. The second kappa shape index (κ2) is 8.19. The van der Waals surface area contributed by atoms with Crippen molar-refractivity contribution in [3.8, 4) is 0 Å². The van der Waals surface area contributed by atoms with Crippen LogP contribution in [0.3, 0.4) is 0 Å². The third-order valence-electron chi connectivity index (χ3n) is 2.31. The molecule has 1 rings (SSSR count). The molecule has 0 saturated carbocycles. The zero-order chi connectivity index (χ0) is 16.0. The molecule has 118 valence electrons. The lowest BCUT2D eigenvalue weighted by atomic mass is 10.2. The van der Waals surface area contributed by atoms with Crippen molar-refractivity contribution >= 4 is 48.9 Å². The number of hydrogen-bond acceptors (Lipinski definition) is 5. The Hall–Kier alpha value is -0.530. The number of ether oxygens (including phenoxy) is 2. The molecule has 1 aromatic rings. The molecule has 0 aliphatic rings. The van der Waals surface area contributed by atoms with Gasteiger partial charge in [0.2, 0.25) is 0 Å². The second-order valence-corrected chi connectivity index (χ2v) is 7.30. The summed E-state index contributed by atoms with van der Waals surface area (Å²) in [5.74, 6) is -0.802. The molecule has 0 aliphatic heterocycles. The van der Waals surface area contributed by atoms with Crippen molar-refractivity contribution in [3.63, 3.8) is 0 Å². The van der Waals surface area contributed by atoms with Gasteiger partial charge in [0, 0.05) is 17.3 Å². The number of rotatable bonds is 7. The molecule has 0 atom stereocenters. The molecule has 21 heavy (non-hydrogen) atoms. The first-order valence-corrected chi connectivity index (χ1v) is 9.02. The molecule has 0 amide bonds. The Kier molecular flexibility index (Phi) is 7.23. The van der Waals surface area contributed by atoms with Crippen LogP contribution in [0.4, 0.5) is 0 Å². The van der Waals surface area contributed by atoms with E-state index in [2.05, 4.69) is 0 Å². The molecule has 0 N–H and O–H groups in total. The molecule has 1 aromatic carbocycles. The fourth-order valence-electron chi connectivity index (χ4n) is 1.37. The Morgan fingerprint density at radius 2 is 1.86 bits per heavy atom. The van der Waals surface area contributed by atoms with Crippen LogP contribution in [0.5, 0.6) is 0 Å². The number of esters is 1. The smallest absolute Gasteiger partial charge is 0.339 e. The van der Waals surface area contributed by atoms with Gasteiger partial charge in [-0.2, -0.15) is 0 Å². The molecule has 0 spiro atoms. The van der Waals surface area contributed by atoms with Crippen LogP contribution in [-0.2, 0) is 18.5 Å². The molecule has 9 heteroatoms. The van der Waals surface area contributed by atoms with Gasteiger partial charge in [-0.15, -0.1) is 0 Å². The molecule has 0 unspecified atom stereocenters. The van der Waals surface area contributed by atoms with Gasteiger partial charge in [-0.3, -0.25) is 0 Å². The van der Waals surface area contributed by atoms with Crippen molar-refractivity contribution in [2.45, 2.75) is 18.2 Å². The van der Waals surface area contributed by atoms with Crippen LogP contribution in [0.15, 0.2) is 17.0 Å². The monoisotopic (exact) mass is 374 g/mol. The summed E-state index contributed by atoms with van der Waals surface area (Å²) in [7, 11) is 1.19. The Labute approximate surface area is 137 Å². The molecule has 0 aromatic heterocycles. The fraction of sp³-hybridized carbons (Fsp3) is 0.417. The van der Waals surface area contributed by atoms with Gasteiger partial charge in [0.1, 0.15) is 6.61 Å². The molecule has 0 bridgehead atoms. The van der Waals surface area contributed by atoms with Crippen molar-refractivity contribution in [2.75, 3.05) is 19.8 Å². The van der Waals surface area contributed by atoms with Gasteiger partial charge < -0.3 is 9.47 Å². The zero-order valence-electron chi connectivity index (χ0n) is 11.1. The number of halogens is 3. The van der Waals surface area contributed by atoms with Crippen molar-refractivity contribution in [1.29, 1.82) is 0 Å². The summed E-state index contributed by atoms with van der Waals surface area (Å²) < 4.78 is 32.7. The van der Waals surface area contributed by atoms with Crippen LogP contribution in [0, 0.1) is 0 Å². The van der Waals surface area contributed by atoms with Crippen molar-refractivity contribution in [3.05, 3.63) is 27.7 Å². The molecule has 0 aliphatic carbocycles. The average molecular weight is 376 g/mol. The maximum atomic E-state index is 11.9. The van der Waals surface area contributed by atoms with Gasteiger partial charge in [0.15, 0.2) is 0 Å². The van der Waals surface area contributed by atoms with Gasteiger partial charge in [-0.25, -0.2) is 13.2 Å². The predicted octanol–water partition coefficient (Wildman–Crippen LogP) is 3.50. The van der Waals surface area contributed by atoms with E-state index in [0.717, 1.165) is 18.6 Å². The highest BCUT2D eigenvalue weighted by Crippen LogP contribution is 2.31. The third kappa shape index (κ3) is 5.64. The highest BCUT2D eigenvalue weighted by atomic mass is 35.7. The lowest BCUT2D eigenvalue weighted by Gasteiger charge is -2.09. The zero-order valence-corrected chi connectivity index (χ0v) is 14.2. The minimum atomic E-state index is -4.03. The van der Waals surface area contributed by atoms with Gasteiger partial charge in [-0.05, 0) is 18.6 Å². The second-order valence-electron chi connectivity index (χ2n) is 3.95. The number of hydrogen-bond donors (Lipinski definition) is 0. The number of benzene rings is 1. The third-order valence-corrected chi connectivity index (χ3v) is 4.45. The number of carbonyl (C=O) groups is 1. The molecule has 0 heterocycles. The molecule has 0 fully saturated rings. The predicted molar refractivity (Wildman–Crippen MR) is 80.9 cm³/mol. The summed E-state index contributed by atoms with van der Waals surface area (Å²) in [6.45, 7) is 2.76. The Balaban J connectivity index is 2.86. The first kappa shape index (κ1) is 18.5. The molecule has 5 nitrogen and oxygen atoms in total. The van der Waals surface area contributed by atoms with E-state index in [1.165, 1.54) is 0 Å². The van der Waals surface area contributed by atoms with E-state index in [-0.39, 0.29) is 33.7 Å². The summed E-state index contributed by atoms with van der Waals surface area (Å²) in [4.78, 5) is 11.5. The van der Waals surface area contributed by atoms with Crippen LogP contribution < -0.4 is 0 Å². The minimum absolute atomic E-state index is 0.0185. The standard InChI is InChI=1S/C12H13Cl3O5S/c1-2-3-19-4-5-20-12(16)9-6-8(21(15,17)18)7-10(13)11(9)14/h6-7H,2-5H2,1H3. The highest BCUT2D eigenvalue weighted by Gasteiger charge is 2.20. The summed E-state index contributed by atoms with van der Waals surface area (Å²) in [6.07, 6.45) is 0.852. The Bertz CT molecular complexity index is 616. The lowest BCUT2D eigenvalue weighted by molar-refractivity contribution is 0.0318. The Morgan fingerprint density at radius 1 is 1.19 bits per heavy atom. The quantitative estimate of drug-likeness (QED) is 0.414. The number of carbonyl (C=O) groups excluding carboxylic acids is 1. The first-order valence-electron chi connectivity index (χ1n) is 5.96. The highest BCUT2D eigenvalue weighted by molar-refractivity contribution is 8.13. The molecular formula is C12H13Cl3O5S. The van der Waals surface area contributed by atoms with E-state index in [1.54, 1.807) is 0 Å². The normalized spacial score (nSPS) is 11.4. The van der Waals surface area contributed by atoms with E-state index in [9.17, 15) is 13.2 Å². The van der Waals surface area contributed by atoms with Crippen LogP contribution in [-0.4, -0.2) is 34.2 Å². The molecular weight excluding hydrogens is 363 g/mol. The van der Waals surface area contributed by atoms with Gasteiger partial charge in [-0.1, -0.05) is 30.1 Å². The molecule has 0 saturated heterocycles. The summed E-state index contributed by atoms with van der Waals surface area (Å²) in [5.41, 5.74) is -0.168. The van der Waals surface area contributed by atoms with Crippen molar-refractivity contribution in [1.82, 2.24) is 0 Å². The maximum Gasteiger partial charge on any atom is 0.339 e. The SMILES string of the molecule is CCCOCCOC(=O)c1cc(S(=O)(=O)Cl)cc(Cl)c1Cl. The van der Waals surface area contributed by atoms with E-state index in [1.807, 2.05) is 6.92 Å². The van der Waals surface area contributed by atoms with E-state index in [4.69, 9.17) is 43.4 Å². The fourth-order valence-corrected chi connectivity index (χ4v) is 2.63. The van der Waals surface area contributed by atoms with Crippen molar-refractivity contribution in [2.24, 2.45) is 0 Å². The lowest BCUT2D eigenvalue weighted by Crippen LogP contribution is -2.12. The Morgan fingerprint density at radius 3 is 2.43 bits per heavy atom. The van der Waals surface area contributed by atoms with E-state index >= 15 is 0 Å². The first-order chi connectivity index (χ1) is 9.77. The van der Waals surface area contributed by atoms with E-state index in [0.29, 0.717) is 6.61 Å². The van der Waals surface area contributed by atoms with Gasteiger partial charge in [0.25, 0.3) is 9.05 Å². The van der Waals surface area contributed by atoms with Gasteiger partial charge in [0.05, 0.1) is 27.1 Å². The largest absolute Gasteiger partial charge is 0.460 e. The van der Waals surface area contributed by atoms with Gasteiger partial charge >= 0.3 is 5.97 Å². The van der Waals surface area contributed by atoms with Crippen LogP contribution in [0.25, 0.3) is 0 Å². The summed E-state index contributed by atoms with van der Waals surface area (Å²) in [6, 6.07) is 2.08.